The number of β-amino-alcohol motifs (C(OH)–C–C–N with tert-alkyl or cyclic N) is 1. The highest BCUT2D eigenvalue weighted by Crippen LogP contribution is 2.65. The lowest BCUT2D eigenvalue weighted by Gasteiger charge is -2.37. The highest BCUT2D eigenvalue weighted by Gasteiger charge is 2.80. The number of likely N-dealkylation sites (tertiary alicyclic amines) is 1. The standard InChI is InChI=1S/C28H35N5O6/c1-5-7-15-38-26(37)22-21-24(35)32(13-14-34)23(28(21)16-18(3)27(22,4)39-28)25(36)31(12-6-2)17-33-20-11-9-8-10-19(20)29-30-33/h5-6,8-11,18,21-23,34H,1-2,7,12-17H2,3-4H3/t18?,21-,22-,23?,27+,28?/m0/s1. The summed E-state index contributed by atoms with van der Waals surface area (Å²) in [5.74, 6) is -3.14. The van der Waals surface area contributed by atoms with E-state index in [1.807, 2.05) is 38.1 Å². The van der Waals surface area contributed by atoms with Crippen LogP contribution in [0.2, 0.25) is 0 Å². The molecule has 1 N–H and O–H groups in total. The number of rotatable bonds is 11. The summed E-state index contributed by atoms with van der Waals surface area (Å²) in [4.78, 5) is 44.6. The molecule has 5 rings (SSSR count). The van der Waals surface area contributed by atoms with E-state index in [9.17, 15) is 19.5 Å². The zero-order valence-electron chi connectivity index (χ0n) is 22.4. The molecule has 11 nitrogen and oxygen atoms in total. The van der Waals surface area contributed by atoms with Gasteiger partial charge in [-0.2, -0.15) is 0 Å². The van der Waals surface area contributed by atoms with Gasteiger partial charge in [-0.3, -0.25) is 14.4 Å². The average molecular weight is 538 g/mol. The van der Waals surface area contributed by atoms with Gasteiger partial charge in [0.15, 0.2) is 0 Å². The van der Waals surface area contributed by atoms with Gasteiger partial charge in [-0.05, 0) is 37.8 Å². The predicted octanol–water partition coefficient (Wildman–Crippen LogP) is 1.53. The summed E-state index contributed by atoms with van der Waals surface area (Å²) in [6.07, 6.45) is 4.17. The van der Waals surface area contributed by atoms with Crippen LogP contribution in [0.5, 0.6) is 0 Å². The van der Waals surface area contributed by atoms with Crippen LogP contribution in [0.15, 0.2) is 49.6 Å². The number of benzene rings is 1. The van der Waals surface area contributed by atoms with E-state index in [0.717, 1.165) is 5.52 Å². The van der Waals surface area contributed by atoms with Gasteiger partial charge in [0.2, 0.25) is 11.8 Å². The number of aliphatic hydroxyl groups is 1. The largest absolute Gasteiger partial charge is 0.465 e. The van der Waals surface area contributed by atoms with E-state index in [4.69, 9.17) is 9.47 Å². The molecule has 6 atom stereocenters. The van der Waals surface area contributed by atoms with Crippen LogP contribution in [0.1, 0.15) is 26.7 Å². The Hall–Kier alpha value is -3.57. The molecule has 3 saturated heterocycles. The lowest BCUT2D eigenvalue weighted by molar-refractivity contribution is -0.162. The van der Waals surface area contributed by atoms with Gasteiger partial charge in [0.05, 0.1) is 30.2 Å². The van der Waals surface area contributed by atoms with Gasteiger partial charge < -0.3 is 24.4 Å². The summed E-state index contributed by atoms with van der Waals surface area (Å²) in [5, 5.41) is 18.3. The molecule has 3 unspecified atom stereocenters. The monoisotopic (exact) mass is 537 g/mol. The number of esters is 1. The van der Waals surface area contributed by atoms with Crippen molar-refractivity contribution in [3.05, 3.63) is 49.6 Å². The Balaban J connectivity index is 1.52. The molecule has 208 valence electrons. The van der Waals surface area contributed by atoms with Crippen molar-refractivity contribution >= 4 is 28.8 Å². The predicted molar refractivity (Wildman–Crippen MR) is 141 cm³/mol. The lowest BCUT2D eigenvalue weighted by Crippen LogP contribution is -2.57. The minimum atomic E-state index is -1.23. The second-order valence-corrected chi connectivity index (χ2v) is 10.8. The number of amides is 2. The number of para-hydroxylation sites is 1. The number of hydrogen-bond donors (Lipinski definition) is 1. The molecule has 0 aliphatic carbocycles. The Labute approximate surface area is 227 Å². The van der Waals surface area contributed by atoms with E-state index >= 15 is 0 Å². The third-order valence-electron chi connectivity index (χ3n) is 8.60. The van der Waals surface area contributed by atoms with Gasteiger partial charge in [0, 0.05) is 13.1 Å². The minimum Gasteiger partial charge on any atom is -0.465 e. The number of ether oxygens (including phenoxy) is 2. The Morgan fingerprint density at radius 2 is 2.08 bits per heavy atom. The fourth-order valence-electron chi connectivity index (χ4n) is 6.79. The van der Waals surface area contributed by atoms with Crippen LogP contribution >= 0.6 is 0 Å². The van der Waals surface area contributed by atoms with Gasteiger partial charge in [-0.1, -0.05) is 36.4 Å². The maximum Gasteiger partial charge on any atom is 0.312 e. The van der Waals surface area contributed by atoms with Gasteiger partial charge in [0.25, 0.3) is 0 Å². The Bertz CT molecular complexity index is 1310. The number of nitrogens with zero attached hydrogens (tertiary/aromatic N) is 5. The SMILES string of the molecule is C=CCCOC(=O)[C@@H]1[C@H]2C(=O)N(CCO)C(C(=O)N(CC=C)Cn3nnc4ccccc43)C23CC(C)[C@@]1(C)O3. The van der Waals surface area contributed by atoms with Crippen molar-refractivity contribution in [2.24, 2.45) is 17.8 Å². The molecule has 2 aromatic rings. The fourth-order valence-corrected chi connectivity index (χ4v) is 6.79. The first-order valence-corrected chi connectivity index (χ1v) is 13.3. The van der Waals surface area contributed by atoms with E-state index in [1.54, 1.807) is 21.7 Å². The maximum absolute atomic E-state index is 14.4. The van der Waals surface area contributed by atoms with Crippen LogP contribution in [0, 0.1) is 17.8 Å². The van der Waals surface area contributed by atoms with Crippen molar-refractivity contribution in [3.63, 3.8) is 0 Å². The minimum absolute atomic E-state index is 0.0611. The molecule has 2 amide bonds. The first kappa shape index (κ1) is 27.0. The molecule has 2 bridgehead atoms. The molecule has 0 saturated carbocycles. The van der Waals surface area contributed by atoms with E-state index in [-0.39, 0.29) is 50.7 Å². The van der Waals surface area contributed by atoms with Gasteiger partial charge in [0.1, 0.15) is 29.7 Å². The van der Waals surface area contributed by atoms with Crippen molar-refractivity contribution in [2.75, 3.05) is 26.3 Å². The Morgan fingerprint density at radius 1 is 1.31 bits per heavy atom. The summed E-state index contributed by atoms with van der Waals surface area (Å²) >= 11 is 0. The molecular weight excluding hydrogens is 502 g/mol. The summed E-state index contributed by atoms with van der Waals surface area (Å²) in [6.45, 7) is 11.3. The maximum atomic E-state index is 14.4. The Kier molecular flexibility index (Phi) is 7.06. The van der Waals surface area contributed by atoms with E-state index in [0.29, 0.717) is 18.4 Å². The second-order valence-electron chi connectivity index (χ2n) is 10.8. The summed E-state index contributed by atoms with van der Waals surface area (Å²) in [7, 11) is 0. The first-order valence-electron chi connectivity index (χ1n) is 13.3. The normalized spacial score (nSPS) is 30.9. The van der Waals surface area contributed by atoms with Crippen LogP contribution in [0.4, 0.5) is 0 Å². The van der Waals surface area contributed by atoms with E-state index in [2.05, 4.69) is 23.5 Å². The quantitative estimate of drug-likeness (QED) is 0.260. The molecule has 1 aromatic carbocycles. The third kappa shape index (κ3) is 4.06. The molecule has 1 spiro atoms. The number of carbonyl (C=O) groups is 3. The summed E-state index contributed by atoms with van der Waals surface area (Å²) in [6, 6.07) is 6.39. The van der Waals surface area contributed by atoms with E-state index in [1.165, 1.54) is 4.90 Å². The average Bonchev–Trinajstić information content (AvgIpc) is 3.58. The number of aromatic nitrogens is 3. The van der Waals surface area contributed by atoms with Crippen molar-refractivity contribution in [1.82, 2.24) is 24.8 Å². The van der Waals surface area contributed by atoms with E-state index < -0.39 is 35.0 Å². The van der Waals surface area contributed by atoms with Crippen LogP contribution in [-0.2, 0) is 30.5 Å². The van der Waals surface area contributed by atoms with Crippen molar-refractivity contribution in [3.8, 4) is 0 Å². The molecule has 3 fully saturated rings. The van der Waals surface area contributed by atoms with Gasteiger partial charge in [-0.15, -0.1) is 18.3 Å². The van der Waals surface area contributed by atoms with Crippen LogP contribution in [-0.4, -0.2) is 91.2 Å². The molecule has 3 aliphatic rings. The zero-order chi connectivity index (χ0) is 27.9. The smallest absolute Gasteiger partial charge is 0.312 e. The highest BCUT2D eigenvalue weighted by molar-refractivity contribution is 5.98. The molecule has 3 aliphatic heterocycles. The zero-order valence-corrected chi connectivity index (χ0v) is 22.4. The Morgan fingerprint density at radius 3 is 2.79 bits per heavy atom. The fraction of sp³-hybridized carbons (Fsp3) is 0.536. The molecule has 39 heavy (non-hydrogen) atoms. The number of hydrogen-bond acceptors (Lipinski definition) is 8. The van der Waals surface area contributed by atoms with Crippen molar-refractivity contribution in [1.29, 1.82) is 0 Å². The van der Waals surface area contributed by atoms with Gasteiger partial charge >= 0.3 is 5.97 Å². The molecule has 0 radical (unpaired) electrons. The third-order valence-corrected chi connectivity index (χ3v) is 8.60. The number of carbonyl (C=O) groups excluding carboxylic acids is 3. The summed E-state index contributed by atoms with van der Waals surface area (Å²) in [5.41, 5.74) is -0.756. The molecule has 11 heteroatoms. The van der Waals surface area contributed by atoms with Crippen LogP contribution in [0.3, 0.4) is 0 Å². The van der Waals surface area contributed by atoms with Crippen LogP contribution < -0.4 is 0 Å². The van der Waals surface area contributed by atoms with Crippen molar-refractivity contribution in [2.45, 2.75) is 50.6 Å². The molecule has 1 aromatic heterocycles. The number of fused-ring (bicyclic) bond motifs is 2. The lowest BCUT2D eigenvalue weighted by atomic mass is 9.62. The second kappa shape index (κ2) is 10.2. The number of aliphatic hydroxyl groups excluding tert-OH is 1. The first-order chi connectivity index (χ1) is 18.7. The molecular formula is C28H35N5O6. The van der Waals surface area contributed by atoms with Crippen molar-refractivity contribution < 1.29 is 29.0 Å². The highest BCUT2D eigenvalue weighted by atomic mass is 16.6. The summed E-state index contributed by atoms with van der Waals surface area (Å²) < 4.78 is 13.8. The topological polar surface area (TPSA) is 127 Å². The van der Waals surface area contributed by atoms with Crippen LogP contribution in [0.25, 0.3) is 11.0 Å². The van der Waals surface area contributed by atoms with Gasteiger partial charge in [-0.25, -0.2) is 4.68 Å². The molecule has 4 heterocycles.